The number of aliphatic hydroxyl groups excluding tert-OH is 2. The van der Waals surface area contributed by atoms with E-state index in [1.54, 1.807) is 0 Å². The van der Waals surface area contributed by atoms with Crippen molar-refractivity contribution in [2.45, 2.75) is 84.5 Å². The normalized spacial score (nSPS) is 40.6. The minimum Gasteiger partial charge on any atom is -0.466 e. The Kier molecular flexibility index (Phi) is 6.29. The lowest BCUT2D eigenvalue weighted by atomic mass is 9.37. The number of nitrogens with zero attached hydrogens (tertiary/aromatic N) is 1. The Morgan fingerprint density at radius 2 is 1.70 bits per heavy atom. The first kappa shape index (κ1) is 22.5. The topological polar surface area (TPSA) is 70.0 Å². The van der Waals surface area contributed by atoms with Crippen LogP contribution in [0.2, 0.25) is 0 Å². The second-order valence-corrected chi connectivity index (χ2v) is 11.2. The molecule has 0 aliphatic heterocycles. The average molecular weight is 422 g/mol. The monoisotopic (exact) mass is 421 g/mol. The Bertz CT molecular complexity index is 637. The smallest absolute Gasteiger partial charge is 0.305 e. The van der Waals surface area contributed by atoms with Gasteiger partial charge in [-0.15, -0.1) is 0 Å². The van der Waals surface area contributed by atoms with Crippen molar-refractivity contribution in [1.82, 2.24) is 4.90 Å². The summed E-state index contributed by atoms with van der Waals surface area (Å²) < 4.78 is 5.70. The molecule has 30 heavy (non-hydrogen) atoms. The van der Waals surface area contributed by atoms with E-state index < -0.39 is 0 Å². The van der Waals surface area contributed by atoms with E-state index in [1.807, 2.05) is 0 Å². The molecule has 1 spiro atoms. The number of carbonyl (C=O) groups excluding carboxylic acids is 1. The fourth-order valence-electron chi connectivity index (χ4n) is 9.25. The zero-order valence-electron chi connectivity index (χ0n) is 19.3. The van der Waals surface area contributed by atoms with Crippen molar-refractivity contribution >= 4 is 5.97 Å². The Hall–Kier alpha value is -0.650. The van der Waals surface area contributed by atoms with E-state index in [1.165, 1.54) is 38.5 Å². The van der Waals surface area contributed by atoms with E-state index in [-0.39, 0.29) is 23.4 Å². The van der Waals surface area contributed by atoms with Gasteiger partial charge in [0.05, 0.1) is 6.61 Å². The SMILES string of the molecule is CCN(CC)CCCC(=O)OCCC12CC3CC4(CCO)CC(CCO)(C1)C4(C3)C2. The van der Waals surface area contributed by atoms with Gasteiger partial charge in [0, 0.05) is 19.6 Å². The molecule has 0 radical (unpaired) electrons. The lowest BCUT2D eigenvalue weighted by molar-refractivity contribution is -0.194. The molecule has 5 unspecified atom stereocenters. The summed E-state index contributed by atoms with van der Waals surface area (Å²) in [6, 6.07) is 0. The predicted molar refractivity (Wildman–Crippen MR) is 117 cm³/mol. The van der Waals surface area contributed by atoms with E-state index in [0.717, 1.165) is 51.2 Å². The number of hydrogen-bond donors (Lipinski definition) is 2. The van der Waals surface area contributed by atoms with Crippen LogP contribution in [-0.4, -0.2) is 60.5 Å². The Balaban J connectivity index is 1.33. The van der Waals surface area contributed by atoms with Crippen LogP contribution in [0.25, 0.3) is 0 Å². The van der Waals surface area contributed by atoms with Gasteiger partial charge >= 0.3 is 5.97 Å². The van der Waals surface area contributed by atoms with Crippen molar-refractivity contribution in [2.75, 3.05) is 39.5 Å². The van der Waals surface area contributed by atoms with E-state index in [9.17, 15) is 15.0 Å². The highest BCUT2D eigenvalue weighted by Gasteiger charge is 2.82. The maximum Gasteiger partial charge on any atom is 0.305 e. The van der Waals surface area contributed by atoms with Crippen LogP contribution in [-0.2, 0) is 9.53 Å². The molecule has 0 aromatic heterocycles. The number of hydrogen-bond acceptors (Lipinski definition) is 5. The van der Waals surface area contributed by atoms with Gasteiger partial charge in [0.2, 0.25) is 0 Å². The van der Waals surface area contributed by atoms with E-state index >= 15 is 0 Å². The minimum atomic E-state index is -0.0452. The summed E-state index contributed by atoms with van der Waals surface area (Å²) in [6.07, 6.45) is 11.7. The fourth-order valence-corrected chi connectivity index (χ4v) is 9.25. The molecule has 5 heteroatoms. The number of ether oxygens (including phenoxy) is 1. The van der Waals surface area contributed by atoms with Gasteiger partial charge in [-0.25, -0.2) is 0 Å². The van der Waals surface area contributed by atoms with Gasteiger partial charge < -0.3 is 19.8 Å². The van der Waals surface area contributed by atoms with Crippen LogP contribution in [0, 0.1) is 27.6 Å². The Labute approximate surface area is 182 Å². The Morgan fingerprint density at radius 1 is 0.967 bits per heavy atom. The highest BCUT2D eigenvalue weighted by molar-refractivity contribution is 5.69. The number of esters is 1. The van der Waals surface area contributed by atoms with Gasteiger partial charge in [-0.3, -0.25) is 4.79 Å². The fraction of sp³-hybridized carbons (Fsp3) is 0.960. The van der Waals surface area contributed by atoms with E-state index in [4.69, 9.17) is 4.74 Å². The predicted octanol–water partition coefficient (Wildman–Crippen LogP) is 3.76. The van der Waals surface area contributed by atoms with Gasteiger partial charge in [-0.05, 0) is 111 Å². The van der Waals surface area contributed by atoms with Crippen LogP contribution in [0.15, 0.2) is 0 Å². The number of rotatable bonds is 13. The molecule has 4 aliphatic rings. The average Bonchev–Trinajstić information content (AvgIpc) is 2.98. The summed E-state index contributed by atoms with van der Waals surface area (Å²) in [5.74, 6) is 0.717. The van der Waals surface area contributed by atoms with Crippen molar-refractivity contribution in [2.24, 2.45) is 27.6 Å². The van der Waals surface area contributed by atoms with Crippen molar-refractivity contribution < 1.29 is 19.7 Å². The minimum absolute atomic E-state index is 0.0452. The lowest BCUT2D eigenvalue weighted by Crippen LogP contribution is -2.60. The van der Waals surface area contributed by atoms with Crippen LogP contribution in [0.1, 0.15) is 84.5 Å². The molecule has 0 aromatic carbocycles. The van der Waals surface area contributed by atoms with E-state index in [2.05, 4.69) is 18.7 Å². The summed E-state index contributed by atoms with van der Waals surface area (Å²) >= 11 is 0. The zero-order valence-corrected chi connectivity index (χ0v) is 19.3. The molecule has 5 atom stereocenters. The maximum absolute atomic E-state index is 12.3. The first-order valence-electron chi connectivity index (χ1n) is 12.5. The van der Waals surface area contributed by atoms with Crippen LogP contribution < -0.4 is 0 Å². The number of aliphatic hydroxyl groups is 2. The van der Waals surface area contributed by atoms with E-state index in [0.29, 0.717) is 30.5 Å². The van der Waals surface area contributed by atoms with Crippen molar-refractivity contribution in [3.05, 3.63) is 0 Å². The van der Waals surface area contributed by atoms with Crippen molar-refractivity contribution in [3.63, 3.8) is 0 Å². The van der Waals surface area contributed by atoms with Crippen LogP contribution in [0.5, 0.6) is 0 Å². The Morgan fingerprint density at radius 3 is 2.40 bits per heavy atom. The molecule has 172 valence electrons. The summed E-state index contributed by atoms with van der Waals surface area (Å²) in [7, 11) is 0. The molecule has 4 saturated carbocycles. The summed E-state index contributed by atoms with van der Waals surface area (Å²) in [5.41, 5.74) is 1.21. The summed E-state index contributed by atoms with van der Waals surface area (Å²) in [4.78, 5) is 14.6. The largest absolute Gasteiger partial charge is 0.466 e. The van der Waals surface area contributed by atoms with Crippen LogP contribution in [0.4, 0.5) is 0 Å². The molecule has 0 aromatic rings. The van der Waals surface area contributed by atoms with Gasteiger partial charge in [0.1, 0.15) is 0 Å². The molecule has 5 nitrogen and oxygen atoms in total. The first-order valence-corrected chi connectivity index (χ1v) is 12.5. The van der Waals surface area contributed by atoms with Gasteiger partial charge in [-0.2, -0.15) is 0 Å². The quantitative estimate of drug-likeness (QED) is 0.443. The van der Waals surface area contributed by atoms with Crippen LogP contribution >= 0.6 is 0 Å². The van der Waals surface area contributed by atoms with Crippen LogP contribution in [0.3, 0.4) is 0 Å². The molecule has 0 saturated heterocycles. The zero-order chi connectivity index (χ0) is 21.5. The molecular weight excluding hydrogens is 378 g/mol. The maximum atomic E-state index is 12.3. The highest BCUT2D eigenvalue weighted by Crippen LogP contribution is 2.90. The summed E-state index contributed by atoms with van der Waals surface area (Å²) in [5, 5.41) is 19.6. The molecule has 4 rings (SSSR count). The second-order valence-electron chi connectivity index (χ2n) is 11.2. The van der Waals surface area contributed by atoms with Crippen molar-refractivity contribution in [3.8, 4) is 0 Å². The van der Waals surface area contributed by atoms with Crippen molar-refractivity contribution in [1.29, 1.82) is 0 Å². The molecule has 2 N–H and O–H groups in total. The molecule has 4 fully saturated rings. The first-order chi connectivity index (χ1) is 14.4. The number of carbonyl (C=O) groups is 1. The van der Waals surface area contributed by atoms with Gasteiger partial charge in [-0.1, -0.05) is 13.8 Å². The third kappa shape index (κ3) is 3.34. The summed E-state index contributed by atoms with van der Waals surface area (Å²) in [6.45, 7) is 8.47. The molecule has 0 amide bonds. The van der Waals surface area contributed by atoms with Gasteiger partial charge in [0.25, 0.3) is 0 Å². The standard InChI is InChI=1S/C25H43NO4/c1-3-26(4-2)10-5-6-21(29)30-13-9-22-14-20-15-23(7-11-27)19-24(17-22,8-12-28)25(23,16-20)18-22/h20,27-28H,3-19H2,1-2H3. The highest BCUT2D eigenvalue weighted by atomic mass is 16.5. The molecular formula is C25H43NO4. The third-order valence-corrected chi connectivity index (χ3v) is 9.96. The molecule has 4 aliphatic carbocycles. The lowest BCUT2D eigenvalue weighted by Gasteiger charge is -2.67. The third-order valence-electron chi connectivity index (χ3n) is 9.96. The molecule has 3 bridgehead atoms. The van der Waals surface area contributed by atoms with Gasteiger partial charge in [0.15, 0.2) is 0 Å². The number of fused-ring (bicyclic) bond motifs is 2. The second kappa shape index (κ2) is 8.37. The molecule has 0 heterocycles.